The normalized spacial score (nSPS) is 14.9. The summed E-state index contributed by atoms with van der Waals surface area (Å²) in [6, 6.07) is 0.244. The number of nitrogens with two attached hydrogens (primary N) is 1. The average Bonchev–Trinajstić information content (AvgIpc) is 2.22. The van der Waals surface area contributed by atoms with Crippen LogP contribution in [0.5, 0.6) is 0 Å². The van der Waals surface area contributed by atoms with Gasteiger partial charge in [-0.1, -0.05) is 13.3 Å². The fourth-order valence-corrected chi connectivity index (χ4v) is 1.78. The highest BCUT2D eigenvalue weighted by atomic mass is 16.5. The number of ether oxygens (including phenoxy) is 1. The zero-order valence-electron chi connectivity index (χ0n) is 11.7. The van der Waals surface area contributed by atoms with E-state index in [1.807, 2.05) is 20.8 Å². The molecule has 0 aromatic heterocycles. The van der Waals surface area contributed by atoms with Crippen LogP contribution >= 0.6 is 0 Å². The van der Waals surface area contributed by atoms with Crippen molar-refractivity contribution in [2.75, 3.05) is 13.2 Å². The molecular weight excluding hydrogens is 216 g/mol. The summed E-state index contributed by atoms with van der Waals surface area (Å²) in [6.07, 6.45) is 3.81. The highest BCUT2D eigenvalue weighted by Crippen LogP contribution is 2.13. The van der Waals surface area contributed by atoms with Gasteiger partial charge in [0, 0.05) is 19.3 Å². The summed E-state index contributed by atoms with van der Waals surface area (Å²) in [7, 11) is 0. The Hall–Kier alpha value is -0.610. The lowest BCUT2D eigenvalue weighted by atomic mass is 9.94. The lowest BCUT2D eigenvalue weighted by Gasteiger charge is -2.29. The molecule has 0 fully saturated rings. The molecule has 0 aliphatic rings. The molecule has 0 radical (unpaired) electrons. The molecule has 0 spiro atoms. The predicted octanol–water partition coefficient (Wildman–Crippen LogP) is 1.83. The maximum Gasteiger partial charge on any atom is 0.237 e. The van der Waals surface area contributed by atoms with Crippen molar-refractivity contribution in [2.24, 2.45) is 5.73 Å². The molecule has 1 amide bonds. The molecule has 0 aliphatic heterocycles. The van der Waals surface area contributed by atoms with Gasteiger partial charge in [0.2, 0.25) is 5.91 Å². The van der Waals surface area contributed by atoms with E-state index in [9.17, 15) is 4.79 Å². The second kappa shape index (κ2) is 8.48. The Labute approximate surface area is 105 Å². The van der Waals surface area contributed by atoms with Gasteiger partial charge in [-0.05, 0) is 40.0 Å². The van der Waals surface area contributed by atoms with Crippen LogP contribution in [0.4, 0.5) is 0 Å². The Bertz CT molecular complexity index is 219. The zero-order chi connectivity index (χ0) is 13.3. The number of carbonyl (C=O) groups excluding carboxylic acids is 1. The van der Waals surface area contributed by atoms with Gasteiger partial charge in [0.25, 0.3) is 0 Å². The summed E-state index contributed by atoms with van der Waals surface area (Å²) < 4.78 is 5.47. The Morgan fingerprint density at radius 1 is 1.35 bits per heavy atom. The molecule has 102 valence electrons. The Balaban J connectivity index is 3.89. The van der Waals surface area contributed by atoms with Gasteiger partial charge in [-0.3, -0.25) is 4.79 Å². The lowest BCUT2D eigenvalue weighted by molar-refractivity contribution is -0.124. The minimum absolute atomic E-state index is 0.244. The van der Waals surface area contributed by atoms with E-state index in [0.717, 1.165) is 25.9 Å². The number of primary amides is 1. The second-order valence-corrected chi connectivity index (χ2v) is 5.06. The number of nitrogens with one attached hydrogen (secondary N) is 1. The number of amides is 1. The third kappa shape index (κ3) is 7.34. The number of carbonyl (C=O) groups is 1. The van der Waals surface area contributed by atoms with Crippen LogP contribution in [-0.4, -0.2) is 30.7 Å². The van der Waals surface area contributed by atoms with E-state index in [1.165, 1.54) is 0 Å². The molecule has 0 rings (SSSR count). The van der Waals surface area contributed by atoms with Crippen molar-refractivity contribution in [2.45, 2.75) is 65.0 Å². The van der Waals surface area contributed by atoms with Crippen molar-refractivity contribution in [1.82, 2.24) is 5.32 Å². The van der Waals surface area contributed by atoms with Crippen LogP contribution in [0.1, 0.15) is 53.4 Å². The van der Waals surface area contributed by atoms with Crippen LogP contribution in [-0.2, 0) is 9.53 Å². The van der Waals surface area contributed by atoms with Gasteiger partial charge >= 0.3 is 0 Å². The number of unbranched alkanes of at least 4 members (excludes halogenated alkanes) is 1. The van der Waals surface area contributed by atoms with E-state index >= 15 is 0 Å². The SMILES string of the molecule is CCCCOCCCC(C)(NC(C)C)C(N)=O. The van der Waals surface area contributed by atoms with Crippen LogP contribution in [0.25, 0.3) is 0 Å². The lowest BCUT2D eigenvalue weighted by Crippen LogP contribution is -2.55. The summed E-state index contributed by atoms with van der Waals surface area (Å²) in [4.78, 5) is 11.4. The summed E-state index contributed by atoms with van der Waals surface area (Å²) >= 11 is 0. The van der Waals surface area contributed by atoms with Gasteiger partial charge in [0.05, 0.1) is 5.54 Å². The summed E-state index contributed by atoms with van der Waals surface area (Å²) in [6.45, 7) is 9.53. The number of hydrogen-bond donors (Lipinski definition) is 2. The Morgan fingerprint density at radius 3 is 2.41 bits per heavy atom. The van der Waals surface area contributed by atoms with E-state index in [4.69, 9.17) is 10.5 Å². The molecule has 1 unspecified atom stereocenters. The minimum Gasteiger partial charge on any atom is -0.381 e. The smallest absolute Gasteiger partial charge is 0.237 e. The van der Waals surface area contributed by atoms with Gasteiger partial charge in [0.15, 0.2) is 0 Å². The zero-order valence-corrected chi connectivity index (χ0v) is 11.7. The molecule has 0 aliphatic carbocycles. The van der Waals surface area contributed by atoms with Gasteiger partial charge in [-0.25, -0.2) is 0 Å². The van der Waals surface area contributed by atoms with Gasteiger partial charge in [-0.15, -0.1) is 0 Å². The summed E-state index contributed by atoms with van der Waals surface area (Å²) in [5.41, 5.74) is 4.82. The average molecular weight is 244 g/mol. The highest BCUT2D eigenvalue weighted by Gasteiger charge is 2.30. The van der Waals surface area contributed by atoms with Crippen LogP contribution in [0.2, 0.25) is 0 Å². The first-order chi connectivity index (χ1) is 7.92. The molecule has 17 heavy (non-hydrogen) atoms. The Kier molecular flexibility index (Phi) is 8.17. The standard InChI is InChI=1S/C13H28N2O2/c1-5-6-9-17-10-7-8-13(4,12(14)16)15-11(2)3/h11,15H,5-10H2,1-4H3,(H2,14,16). The first-order valence-corrected chi connectivity index (χ1v) is 6.57. The van der Waals surface area contributed by atoms with Crippen LogP contribution in [0, 0.1) is 0 Å². The van der Waals surface area contributed by atoms with E-state index in [1.54, 1.807) is 0 Å². The monoisotopic (exact) mass is 244 g/mol. The van der Waals surface area contributed by atoms with E-state index in [2.05, 4.69) is 12.2 Å². The molecule has 0 aromatic rings. The van der Waals surface area contributed by atoms with Crippen molar-refractivity contribution >= 4 is 5.91 Å². The molecule has 0 aromatic carbocycles. The topological polar surface area (TPSA) is 64.3 Å². The first-order valence-electron chi connectivity index (χ1n) is 6.57. The largest absolute Gasteiger partial charge is 0.381 e. The minimum atomic E-state index is -0.623. The maximum atomic E-state index is 11.4. The molecular formula is C13H28N2O2. The van der Waals surface area contributed by atoms with E-state index in [0.29, 0.717) is 13.0 Å². The first kappa shape index (κ1) is 16.4. The fraction of sp³-hybridized carbons (Fsp3) is 0.923. The number of rotatable bonds is 10. The molecule has 0 heterocycles. The Morgan fingerprint density at radius 2 is 1.94 bits per heavy atom. The number of hydrogen-bond acceptors (Lipinski definition) is 3. The third-order valence-electron chi connectivity index (χ3n) is 2.76. The summed E-state index contributed by atoms with van der Waals surface area (Å²) in [5.74, 6) is -0.292. The van der Waals surface area contributed by atoms with Crippen molar-refractivity contribution in [1.29, 1.82) is 0 Å². The quantitative estimate of drug-likeness (QED) is 0.576. The molecule has 0 saturated carbocycles. The molecule has 4 heteroatoms. The van der Waals surface area contributed by atoms with Crippen molar-refractivity contribution in [3.8, 4) is 0 Å². The van der Waals surface area contributed by atoms with Gasteiger partial charge in [0.1, 0.15) is 0 Å². The van der Waals surface area contributed by atoms with Crippen molar-refractivity contribution in [3.05, 3.63) is 0 Å². The van der Waals surface area contributed by atoms with E-state index in [-0.39, 0.29) is 11.9 Å². The molecule has 1 atom stereocenters. The third-order valence-corrected chi connectivity index (χ3v) is 2.76. The second-order valence-electron chi connectivity index (χ2n) is 5.06. The summed E-state index contributed by atoms with van der Waals surface area (Å²) in [5, 5.41) is 3.23. The van der Waals surface area contributed by atoms with Gasteiger partial charge in [-0.2, -0.15) is 0 Å². The van der Waals surface area contributed by atoms with Gasteiger partial charge < -0.3 is 15.8 Å². The van der Waals surface area contributed by atoms with E-state index < -0.39 is 5.54 Å². The molecule has 0 bridgehead atoms. The maximum absolute atomic E-state index is 11.4. The molecule has 0 saturated heterocycles. The predicted molar refractivity (Wildman–Crippen MR) is 70.8 cm³/mol. The highest BCUT2D eigenvalue weighted by molar-refractivity contribution is 5.84. The van der Waals surface area contributed by atoms with Crippen molar-refractivity contribution in [3.63, 3.8) is 0 Å². The molecule has 4 nitrogen and oxygen atoms in total. The van der Waals surface area contributed by atoms with Crippen molar-refractivity contribution < 1.29 is 9.53 Å². The van der Waals surface area contributed by atoms with Crippen LogP contribution < -0.4 is 11.1 Å². The van der Waals surface area contributed by atoms with Crippen LogP contribution in [0.15, 0.2) is 0 Å². The van der Waals surface area contributed by atoms with Crippen LogP contribution in [0.3, 0.4) is 0 Å². The fourth-order valence-electron chi connectivity index (χ4n) is 1.78. The molecule has 3 N–H and O–H groups in total.